The van der Waals surface area contributed by atoms with Crippen molar-refractivity contribution in [2.24, 2.45) is 10.7 Å². The van der Waals surface area contributed by atoms with Gasteiger partial charge in [-0.3, -0.25) is 0 Å². The summed E-state index contributed by atoms with van der Waals surface area (Å²) in [6, 6.07) is 6.10. The molecule has 0 spiro atoms. The van der Waals surface area contributed by atoms with Gasteiger partial charge in [0.25, 0.3) is 0 Å². The van der Waals surface area contributed by atoms with Gasteiger partial charge in [0.2, 0.25) is 0 Å². The van der Waals surface area contributed by atoms with Crippen molar-refractivity contribution in [1.82, 2.24) is 0 Å². The summed E-state index contributed by atoms with van der Waals surface area (Å²) >= 11 is 0. The van der Waals surface area contributed by atoms with Crippen LogP contribution in [0.25, 0.3) is 0 Å². The highest BCUT2D eigenvalue weighted by Gasteiger charge is 1.98. The zero-order valence-corrected chi connectivity index (χ0v) is 7.76. The van der Waals surface area contributed by atoms with E-state index in [0.717, 1.165) is 5.69 Å². The number of aliphatic imine (C=N–C) groups is 1. The highest BCUT2D eigenvalue weighted by molar-refractivity contribution is 5.81. The molecule has 0 radical (unpaired) electrons. The van der Waals surface area contributed by atoms with Crippen molar-refractivity contribution in [3.05, 3.63) is 29.3 Å². The molecule has 2 nitrogen and oxygen atoms in total. The molecule has 1 aromatic rings. The van der Waals surface area contributed by atoms with Crippen molar-refractivity contribution < 1.29 is 0 Å². The van der Waals surface area contributed by atoms with Gasteiger partial charge in [0, 0.05) is 0 Å². The lowest BCUT2D eigenvalue weighted by atomic mass is 10.1. The molecule has 64 valence electrons. The first-order valence-electron chi connectivity index (χ1n) is 3.98. The number of hydrogen-bond acceptors (Lipinski definition) is 1. The van der Waals surface area contributed by atoms with Crippen molar-refractivity contribution in [3.8, 4) is 0 Å². The van der Waals surface area contributed by atoms with E-state index in [1.165, 1.54) is 11.1 Å². The Morgan fingerprint density at radius 2 is 1.75 bits per heavy atom. The fourth-order valence-corrected chi connectivity index (χ4v) is 1.16. The van der Waals surface area contributed by atoms with E-state index in [1.54, 1.807) is 6.92 Å². The lowest BCUT2D eigenvalue weighted by molar-refractivity contribution is 1.31. The van der Waals surface area contributed by atoms with Crippen LogP contribution in [0.3, 0.4) is 0 Å². The van der Waals surface area contributed by atoms with Gasteiger partial charge in [0.05, 0.1) is 11.5 Å². The number of para-hydroxylation sites is 1. The number of nitrogens with two attached hydrogens (primary N) is 1. The molecule has 1 rings (SSSR count). The Hall–Kier alpha value is -1.31. The summed E-state index contributed by atoms with van der Waals surface area (Å²) in [5.74, 6) is 0.604. The van der Waals surface area contributed by atoms with E-state index in [9.17, 15) is 0 Å². The molecule has 0 aromatic heterocycles. The molecule has 0 aliphatic heterocycles. The van der Waals surface area contributed by atoms with Crippen LogP contribution in [0.1, 0.15) is 18.1 Å². The van der Waals surface area contributed by atoms with Crippen LogP contribution >= 0.6 is 0 Å². The summed E-state index contributed by atoms with van der Waals surface area (Å²) in [5, 5.41) is 0. The minimum absolute atomic E-state index is 0.604. The second-order valence-corrected chi connectivity index (χ2v) is 2.99. The molecule has 0 saturated carbocycles. The minimum atomic E-state index is 0.604. The SMILES string of the molecule is CC(N)=Nc1c(C)cccc1C. The molecule has 0 atom stereocenters. The molecule has 0 heterocycles. The van der Waals surface area contributed by atoms with Gasteiger partial charge in [-0.15, -0.1) is 0 Å². The van der Waals surface area contributed by atoms with Crippen molar-refractivity contribution >= 4 is 11.5 Å². The largest absolute Gasteiger partial charge is 0.387 e. The van der Waals surface area contributed by atoms with Gasteiger partial charge in [-0.2, -0.15) is 0 Å². The fourth-order valence-electron chi connectivity index (χ4n) is 1.16. The van der Waals surface area contributed by atoms with Gasteiger partial charge < -0.3 is 5.73 Å². The third-order valence-corrected chi connectivity index (χ3v) is 1.73. The van der Waals surface area contributed by atoms with Crippen LogP contribution in [-0.2, 0) is 0 Å². The van der Waals surface area contributed by atoms with Crippen LogP contribution in [0.15, 0.2) is 23.2 Å². The maximum Gasteiger partial charge on any atom is 0.0965 e. The van der Waals surface area contributed by atoms with Crippen LogP contribution in [0.2, 0.25) is 0 Å². The molecule has 0 amide bonds. The molecule has 0 aliphatic rings. The second-order valence-electron chi connectivity index (χ2n) is 2.99. The maximum atomic E-state index is 5.51. The quantitative estimate of drug-likeness (QED) is 0.499. The van der Waals surface area contributed by atoms with E-state index in [0.29, 0.717) is 5.84 Å². The van der Waals surface area contributed by atoms with Crippen molar-refractivity contribution in [1.29, 1.82) is 0 Å². The summed E-state index contributed by atoms with van der Waals surface area (Å²) in [6.07, 6.45) is 0. The first-order valence-corrected chi connectivity index (χ1v) is 3.98. The third kappa shape index (κ3) is 1.84. The molecule has 1 aromatic carbocycles. The Kier molecular flexibility index (Phi) is 2.48. The molecule has 0 saturated heterocycles. The number of nitrogens with zero attached hydrogens (tertiary/aromatic N) is 1. The fraction of sp³-hybridized carbons (Fsp3) is 0.300. The highest BCUT2D eigenvalue weighted by Crippen LogP contribution is 2.22. The standard InChI is InChI=1S/C10H14N2/c1-7-5-4-6-8(2)10(7)12-9(3)11/h4-6H,1-3H3,(H2,11,12). The monoisotopic (exact) mass is 162 g/mol. The van der Waals surface area contributed by atoms with Gasteiger partial charge >= 0.3 is 0 Å². The number of aryl methyl sites for hydroxylation is 2. The van der Waals surface area contributed by atoms with E-state index in [1.807, 2.05) is 32.0 Å². The Morgan fingerprint density at radius 1 is 1.25 bits per heavy atom. The van der Waals surface area contributed by atoms with Crippen LogP contribution in [-0.4, -0.2) is 5.84 Å². The summed E-state index contributed by atoms with van der Waals surface area (Å²) in [4.78, 5) is 4.25. The number of rotatable bonds is 1. The molecule has 2 heteroatoms. The minimum Gasteiger partial charge on any atom is -0.387 e. The summed E-state index contributed by atoms with van der Waals surface area (Å²) in [5.41, 5.74) is 8.84. The smallest absolute Gasteiger partial charge is 0.0965 e. The molecule has 0 bridgehead atoms. The molecular formula is C10H14N2. The van der Waals surface area contributed by atoms with Crippen molar-refractivity contribution in [2.75, 3.05) is 0 Å². The van der Waals surface area contributed by atoms with Gasteiger partial charge in [-0.25, -0.2) is 4.99 Å². The Labute approximate surface area is 73.1 Å². The van der Waals surface area contributed by atoms with Gasteiger partial charge in [0.15, 0.2) is 0 Å². The number of hydrogen-bond donors (Lipinski definition) is 1. The molecule has 0 unspecified atom stereocenters. The van der Waals surface area contributed by atoms with Crippen LogP contribution < -0.4 is 5.73 Å². The van der Waals surface area contributed by atoms with Crippen molar-refractivity contribution in [3.63, 3.8) is 0 Å². The highest BCUT2D eigenvalue weighted by atomic mass is 14.8. The van der Waals surface area contributed by atoms with Gasteiger partial charge in [0.1, 0.15) is 0 Å². The van der Waals surface area contributed by atoms with E-state index < -0.39 is 0 Å². The van der Waals surface area contributed by atoms with Crippen LogP contribution in [0.5, 0.6) is 0 Å². The Bertz CT molecular complexity index is 289. The van der Waals surface area contributed by atoms with E-state index >= 15 is 0 Å². The van der Waals surface area contributed by atoms with E-state index in [4.69, 9.17) is 5.73 Å². The molecule has 12 heavy (non-hydrogen) atoms. The Balaban J connectivity index is 3.22. The summed E-state index contributed by atoms with van der Waals surface area (Å²) in [7, 11) is 0. The van der Waals surface area contributed by atoms with Crippen molar-refractivity contribution in [2.45, 2.75) is 20.8 Å². The third-order valence-electron chi connectivity index (χ3n) is 1.73. The average molecular weight is 162 g/mol. The molecular weight excluding hydrogens is 148 g/mol. The van der Waals surface area contributed by atoms with Gasteiger partial charge in [-0.1, -0.05) is 18.2 Å². The average Bonchev–Trinajstić information content (AvgIpc) is 1.97. The number of amidine groups is 1. The predicted molar refractivity (Wildman–Crippen MR) is 52.9 cm³/mol. The first kappa shape index (κ1) is 8.78. The molecule has 0 aliphatic carbocycles. The van der Waals surface area contributed by atoms with Crippen LogP contribution in [0.4, 0.5) is 5.69 Å². The zero-order chi connectivity index (χ0) is 9.14. The number of benzene rings is 1. The lowest BCUT2D eigenvalue weighted by Gasteiger charge is -2.03. The lowest BCUT2D eigenvalue weighted by Crippen LogP contribution is -2.04. The topological polar surface area (TPSA) is 38.4 Å². The molecule has 2 N–H and O–H groups in total. The summed E-state index contributed by atoms with van der Waals surface area (Å²) in [6.45, 7) is 5.87. The van der Waals surface area contributed by atoms with Gasteiger partial charge in [-0.05, 0) is 31.9 Å². The van der Waals surface area contributed by atoms with E-state index in [2.05, 4.69) is 4.99 Å². The maximum absolute atomic E-state index is 5.51. The zero-order valence-electron chi connectivity index (χ0n) is 7.76. The first-order chi connectivity index (χ1) is 5.61. The van der Waals surface area contributed by atoms with Crippen LogP contribution in [0, 0.1) is 13.8 Å². The normalized spacial score (nSPS) is 11.8. The van der Waals surface area contributed by atoms with E-state index in [-0.39, 0.29) is 0 Å². The Morgan fingerprint density at radius 3 is 2.17 bits per heavy atom. The second kappa shape index (κ2) is 3.39. The predicted octanol–water partition coefficient (Wildman–Crippen LogP) is 2.31. The summed E-state index contributed by atoms with van der Waals surface area (Å²) < 4.78 is 0. The molecule has 0 fully saturated rings.